The highest BCUT2D eigenvalue weighted by atomic mass is 32.2. The Hall–Kier alpha value is -1.15. The lowest BCUT2D eigenvalue weighted by atomic mass is 10.2. The lowest BCUT2D eigenvalue weighted by Crippen LogP contribution is -2.43. The number of ether oxygens (including phenoxy) is 2. The van der Waals surface area contributed by atoms with Crippen molar-refractivity contribution in [1.29, 1.82) is 0 Å². The Labute approximate surface area is 118 Å². The fraction of sp³-hybridized carbons (Fsp3) is 0.538. The lowest BCUT2D eigenvalue weighted by Gasteiger charge is -2.19. The first-order chi connectivity index (χ1) is 9.47. The second-order valence-corrected chi connectivity index (χ2v) is 6.46. The van der Waals surface area contributed by atoms with Gasteiger partial charge in [0.1, 0.15) is 5.75 Å². The van der Waals surface area contributed by atoms with Crippen molar-refractivity contribution in [2.75, 3.05) is 14.2 Å². The number of rotatable bonds is 5. The first kappa shape index (κ1) is 15.2. The number of aliphatic hydroxyl groups is 1. The second kappa shape index (κ2) is 6.09. The van der Waals surface area contributed by atoms with Gasteiger partial charge in [0.15, 0.2) is 0 Å². The molecule has 0 radical (unpaired) electrons. The summed E-state index contributed by atoms with van der Waals surface area (Å²) in [5, 5.41) is 9.98. The number of hydrogen-bond donors (Lipinski definition) is 2. The van der Waals surface area contributed by atoms with Crippen LogP contribution in [-0.4, -0.2) is 46.0 Å². The molecule has 2 rings (SSSR count). The SMILES string of the molecule is COc1cccc(S(=O)(=O)N[C@@H]2CC[C@@H](OC)[C@@H]2O)c1. The highest BCUT2D eigenvalue weighted by molar-refractivity contribution is 7.89. The largest absolute Gasteiger partial charge is 0.497 e. The van der Waals surface area contributed by atoms with Crippen molar-refractivity contribution in [1.82, 2.24) is 4.72 Å². The van der Waals surface area contributed by atoms with E-state index < -0.39 is 22.2 Å². The smallest absolute Gasteiger partial charge is 0.241 e. The third-order valence-electron chi connectivity index (χ3n) is 3.52. The van der Waals surface area contributed by atoms with Crippen molar-refractivity contribution in [3.63, 3.8) is 0 Å². The monoisotopic (exact) mass is 301 g/mol. The molecule has 0 aromatic heterocycles. The maximum Gasteiger partial charge on any atom is 0.241 e. The number of methoxy groups -OCH3 is 2. The minimum Gasteiger partial charge on any atom is -0.497 e. The van der Waals surface area contributed by atoms with Crippen molar-refractivity contribution in [2.24, 2.45) is 0 Å². The molecule has 0 saturated heterocycles. The zero-order valence-corrected chi connectivity index (χ0v) is 12.3. The Morgan fingerprint density at radius 1 is 1.30 bits per heavy atom. The minimum absolute atomic E-state index is 0.116. The van der Waals surface area contributed by atoms with E-state index in [1.165, 1.54) is 26.4 Å². The average Bonchev–Trinajstić information content (AvgIpc) is 2.79. The summed E-state index contributed by atoms with van der Waals surface area (Å²) in [6, 6.07) is 5.68. The molecule has 0 aliphatic heterocycles. The number of sulfonamides is 1. The molecular formula is C13H19NO5S. The average molecular weight is 301 g/mol. The second-order valence-electron chi connectivity index (χ2n) is 4.75. The summed E-state index contributed by atoms with van der Waals surface area (Å²) in [7, 11) is -0.704. The van der Waals surface area contributed by atoms with Crippen LogP contribution in [0, 0.1) is 0 Å². The van der Waals surface area contributed by atoms with E-state index in [4.69, 9.17) is 9.47 Å². The fourth-order valence-corrected chi connectivity index (χ4v) is 3.69. The van der Waals surface area contributed by atoms with Gasteiger partial charge in [-0.15, -0.1) is 0 Å². The molecule has 7 heteroatoms. The third-order valence-corrected chi connectivity index (χ3v) is 5.00. The van der Waals surface area contributed by atoms with Gasteiger partial charge in [-0.05, 0) is 25.0 Å². The van der Waals surface area contributed by atoms with Crippen LogP contribution < -0.4 is 9.46 Å². The summed E-state index contributed by atoms with van der Waals surface area (Å²) < 4.78 is 37.2. The van der Waals surface area contributed by atoms with Crippen LogP contribution in [0.4, 0.5) is 0 Å². The predicted octanol–water partition coefficient (Wildman–Crippen LogP) is 0.512. The molecule has 20 heavy (non-hydrogen) atoms. The molecule has 112 valence electrons. The van der Waals surface area contributed by atoms with Crippen molar-refractivity contribution < 1.29 is 23.0 Å². The van der Waals surface area contributed by atoms with Gasteiger partial charge in [-0.3, -0.25) is 0 Å². The maximum atomic E-state index is 12.3. The van der Waals surface area contributed by atoms with E-state index in [-0.39, 0.29) is 11.0 Å². The molecule has 0 spiro atoms. The van der Waals surface area contributed by atoms with E-state index in [0.29, 0.717) is 18.6 Å². The molecule has 0 amide bonds. The van der Waals surface area contributed by atoms with Crippen LogP contribution in [0.25, 0.3) is 0 Å². The normalized spacial score (nSPS) is 26.6. The van der Waals surface area contributed by atoms with Gasteiger partial charge in [-0.1, -0.05) is 6.07 Å². The van der Waals surface area contributed by atoms with Gasteiger partial charge in [-0.2, -0.15) is 0 Å². The van der Waals surface area contributed by atoms with E-state index in [1.54, 1.807) is 12.1 Å². The number of nitrogens with one attached hydrogen (secondary N) is 1. The van der Waals surface area contributed by atoms with Gasteiger partial charge >= 0.3 is 0 Å². The molecule has 0 unspecified atom stereocenters. The Morgan fingerprint density at radius 3 is 2.65 bits per heavy atom. The molecule has 1 aliphatic carbocycles. The molecule has 0 bridgehead atoms. The Morgan fingerprint density at radius 2 is 2.05 bits per heavy atom. The molecule has 0 heterocycles. The minimum atomic E-state index is -3.69. The van der Waals surface area contributed by atoms with Crippen molar-refractivity contribution in [3.05, 3.63) is 24.3 Å². The zero-order chi connectivity index (χ0) is 14.8. The van der Waals surface area contributed by atoms with Crippen LogP contribution in [0.2, 0.25) is 0 Å². The predicted molar refractivity (Wildman–Crippen MR) is 73.1 cm³/mol. The molecular weight excluding hydrogens is 282 g/mol. The molecule has 3 atom stereocenters. The van der Waals surface area contributed by atoms with Crippen molar-refractivity contribution in [3.8, 4) is 5.75 Å². The molecule has 1 aliphatic rings. The quantitative estimate of drug-likeness (QED) is 0.828. The van der Waals surface area contributed by atoms with E-state index in [1.807, 2.05) is 0 Å². The number of benzene rings is 1. The first-order valence-electron chi connectivity index (χ1n) is 6.35. The summed E-state index contributed by atoms with van der Waals surface area (Å²) >= 11 is 0. The van der Waals surface area contributed by atoms with Crippen LogP contribution >= 0.6 is 0 Å². The summed E-state index contributed by atoms with van der Waals surface area (Å²) in [6.07, 6.45) is 0.0136. The molecule has 1 fully saturated rings. The molecule has 2 N–H and O–H groups in total. The topological polar surface area (TPSA) is 84.9 Å². The Bertz CT molecular complexity index is 560. The third kappa shape index (κ3) is 3.12. The van der Waals surface area contributed by atoms with E-state index >= 15 is 0 Å². The summed E-state index contributed by atoms with van der Waals surface area (Å²) in [5.74, 6) is 0.467. The number of hydrogen-bond acceptors (Lipinski definition) is 5. The van der Waals surface area contributed by atoms with Gasteiger partial charge in [-0.25, -0.2) is 13.1 Å². The molecule has 6 nitrogen and oxygen atoms in total. The van der Waals surface area contributed by atoms with Crippen LogP contribution in [0.3, 0.4) is 0 Å². The molecule has 1 saturated carbocycles. The fourth-order valence-electron chi connectivity index (χ4n) is 2.37. The van der Waals surface area contributed by atoms with Gasteiger partial charge in [0.2, 0.25) is 10.0 Å². The molecule has 1 aromatic carbocycles. The summed E-state index contributed by atoms with van der Waals surface area (Å²) in [5.41, 5.74) is 0. The zero-order valence-electron chi connectivity index (χ0n) is 11.4. The summed E-state index contributed by atoms with van der Waals surface area (Å²) in [6.45, 7) is 0. The van der Waals surface area contributed by atoms with Gasteiger partial charge < -0.3 is 14.6 Å². The number of aliphatic hydroxyl groups excluding tert-OH is 1. The molecule has 1 aromatic rings. The van der Waals surface area contributed by atoms with Crippen LogP contribution in [0.1, 0.15) is 12.8 Å². The van der Waals surface area contributed by atoms with Gasteiger partial charge in [0.25, 0.3) is 0 Å². The highest BCUT2D eigenvalue weighted by Crippen LogP contribution is 2.24. The van der Waals surface area contributed by atoms with Crippen molar-refractivity contribution >= 4 is 10.0 Å². The Balaban J connectivity index is 2.15. The van der Waals surface area contributed by atoms with Gasteiger partial charge in [0.05, 0.1) is 30.3 Å². The maximum absolute atomic E-state index is 12.3. The van der Waals surface area contributed by atoms with E-state index in [2.05, 4.69) is 4.72 Å². The lowest BCUT2D eigenvalue weighted by molar-refractivity contribution is 0.00246. The Kier molecular flexibility index (Phi) is 4.64. The standard InChI is InChI=1S/C13H19NO5S/c1-18-9-4-3-5-10(8-9)20(16,17)14-11-6-7-12(19-2)13(11)15/h3-5,8,11-15H,6-7H2,1-2H3/t11-,12-,13-/m1/s1. The summed E-state index contributed by atoms with van der Waals surface area (Å²) in [4.78, 5) is 0.116. The first-order valence-corrected chi connectivity index (χ1v) is 7.83. The van der Waals surface area contributed by atoms with Crippen LogP contribution in [-0.2, 0) is 14.8 Å². The van der Waals surface area contributed by atoms with Crippen LogP contribution in [0.5, 0.6) is 5.75 Å². The van der Waals surface area contributed by atoms with Gasteiger partial charge in [0, 0.05) is 13.2 Å². The van der Waals surface area contributed by atoms with Crippen molar-refractivity contribution in [2.45, 2.75) is 36.0 Å². The van der Waals surface area contributed by atoms with E-state index in [9.17, 15) is 13.5 Å². The highest BCUT2D eigenvalue weighted by Gasteiger charge is 2.37. The van der Waals surface area contributed by atoms with Crippen LogP contribution in [0.15, 0.2) is 29.2 Å². The van der Waals surface area contributed by atoms with E-state index in [0.717, 1.165) is 0 Å².